The molecule has 3 aromatic rings. The van der Waals surface area contributed by atoms with Crippen LogP contribution in [0.5, 0.6) is 0 Å². The Bertz CT molecular complexity index is 992. The molecule has 0 spiro atoms. The predicted molar refractivity (Wildman–Crippen MR) is 132 cm³/mol. The fraction of sp³-hybridized carbons (Fsp3) is 0.370. The molecule has 0 amide bonds. The normalized spacial score (nSPS) is 11.0. The lowest BCUT2D eigenvalue weighted by atomic mass is 10.0. The van der Waals surface area contributed by atoms with E-state index in [-0.39, 0.29) is 6.61 Å². The molecule has 1 aromatic heterocycles. The van der Waals surface area contributed by atoms with E-state index in [2.05, 4.69) is 43.0 Å². The Morgan fingerprint density at radius 1 is 0.939 bits per heavy atom. The summed E-state index contributed by atoms with van der Waals surface area (Å²) >= 11 is 0. The molecule has 0 aliphatic carbocycles. The first-order valence-corrected chi connectivity index (χ1v) is 11.7. The number of benzene rings is 2. The van der Waals surface area contributed by atoms with Crippen LogP contribution < -0.4 is 4.90 Å². The molecule has 6 nitrogen and oxygen atoms in total. The molecule has 0 aliphatic heterocycles. The molecule has 33 heavy (non-hydrogen) atoms. The maximum absolute atomic E-state index is 10.6. The van der Waals surface area contributed by atoms with Crippen LogP contribution in [0.1, 0.15) is 39.5 Å². The number of nitrogens with zero attached hydrogens (tertiary/aromatic N) is 3. The van der Waals surface area contributed by atoms with Crippen molar-refractivity contribution in [2.24, 2.45) is 0 Å². The molecule has 1 heterocycles. The quantitative estimate of drug-likeness (QED) is 0.339. The van der Waals surface area contributed by atoms with Crippen molar-refractivity contribution in [2.75, 3.05) is 24.7 Å². The Labute approximate surface area is 196 Å². The number of aliphatic carboxylic acids is 1. The van der Waals surface area contributed by atoms with Gasteiger partial charge in [0.2, 0.25) is 0 Å². The number of aromatic nitrogens is 2. The zero-order valence-corrected chi connectivity index (χ0v) is 19.5. The third-order valence-corrected chi connectivity index (χ3v) is 5.69. The maximum Gasteiger partial charge on any atom is 0.329 e. The minimum absolute atomic E-state index is 0.247. The number of hydrogen-bond donors (Lipinski definition) is 1. The van der Waals surface area contributed by atoms with Crippen molar-refractivity contribution in [3.63, 3.8) is 0 Å². The SMILES string of the molecule is CCC(CC)N(CCCCOCC(=O)O)c1cnc(-c2ccccc2)c(-c2ccccc2)n1. The summed E-state index contributed by atoms with van der Waals surface area (Å²) in [5.41, 5.74) is 3.83. The summed E-state index contributed by atoms with van der Waals surface area (Å²) in [7, 11) is 0. The summed E-state index contributed by atoms with van der Waals surface area (Å²) in [4.78, 5) is 23.0. The van der Waals surface area contributed by atoms with Crippen molar-refractivity contribution in [2.45, 2.75) is 45.6 Å². The Balaban J connectivity index is 1.89. The van der Waals surface area contributed by atoms with Crippen LogP contribution in [0.2, 0.25) is 0 Å². The number of anilines is 1. The highest BCUT2D eigenvalue weighted by atomic mass is 16.5. The van der Waals surface area contributed by atoms with Crippen LogP contribution in [0.25, 0.3) is 22.5 Å². The van der Waals surface area contributed by atoms with Gasteiger partial charge in [-0.15, -0.1) is 0 Å². The average Bonchev–Trinajstić information content (AvgIpc) is 2.86. The molecule has 0 fully saturated rings. The zero-order chi connectivity index (χ0) is 23.5. The van der Waals surface area contributed by atoms with Crippen molar-refractivity contribution in [3.8, 4) is 22.5 Å². The van der Waals surface area contributed by atoms with Crippen LogP contribution in [0.4, 0.5) is 5.82 Å². The van der Waals surface area contributed by atoms with Gasteiger partial charge in [-0.25, -0.2) is 9.78 Å². The second-order valence-electron chi connectivity index (χ2n) is 7.97. The van der Waals surface area contributed by atoms with Crippen LogP contribution in [0, 0.1) is 0 Å². The predicted octanol–water partition coefficient (Wildman–Crippen LogP) is 5.69. The summed E-state index contributed by atoms with van der Waals surface area (Å²) in [5, 5.41) is 8.72. The second-order valence-corrected chi connectivity index (χ2v) is 7.97. The van der Waals surface area contributed by atoms with Gasteiger partial charge in [0.15, 0.2) is 0 Å². The van der Waals surface area contributed by atoms with E-state index in [0.29, 0.717) is 12.6 Å². The monoisotopic (exact) mass is 447 g/mol. The van der Waals surface area contributed by atoms with E-state index in [4.69, 9.17) is 19.8 Å². The maximum atomic E-state index is 10.6. The van der Waals surface area contributed by atoms with E-state index in [9.17, 15) is 4.79 Å². The standard InChI is InChI=1S/C27H33N3O3/c1-3-23(4-2)30(17-11-12-18-33-20-25(31)32)24-19-28-26(21-13-7-5-8-14-21)27(29-24)22-15-9-6-10-16-22/h5-10,13-16,19,23H,3-4,11-12,17-18,20H2,1-2H3,(H,31,32). The highest BCUT2D eigenvalue weighted by Gasteiger charge is 2.20. The number of carboxylic acid groups (broad SMARTS) is 1. The zero-order valence-electron chi connectivity index (χ0n) is 19.5. The number of hydrogen-bond acceptors (Lipinski definition) is 5. The molecule has 174 valence electrons. The third kappa shape index (κ3) is 6.86. The number of ether oxygens (including phenoxy) is 1. The van der Waals surface area contributed by atoms with Gasteiger partial charge in [-0.1, -0.05) is 74.5 Å². The number of unbranched alkanes of at least 4 members (excludes halogenated alkanes) is 1. The van der Waals surface area contributed by atoms with Crippen LogP contribution >= 0.6 is 0 Å². The molecule has 3 rings (SSSR count). The minimum Gasteiger partial charge on any atom is -0.480 e. The van der Waals surface area contributed by atoms with Crippen LogP contribution in [-0.2, 0) is 9.53 Å². The molecule has 1 N–H and O–H groups in total. The first-order valence-electron chi connectivity index (χ1n) is 11.7. The van der Waals surface area contributed by atoms with Crippen molar-refractivity contribution in [3.05, 3.63) is 66.9 Å². The van der Waals surface area contributed by atoms with Gasteiger partial charge in [-0.05, 0) is 25.7 Å². The summed E-state index contributed by atoms with van der Waals surface area (Å²) < 4.78 is 5.19. The van der Waals surface area contributed by atoms with Gasteiger partial charge < -0.3 is 14.7 Å². The van der Waals surface area contributed by atoms with Crippen LogP contribution in [0.3, 0.4) is 0 Å². The molecule has 0 bridgehead atoms. The van der Waals surface area contributed by atoms with Crippen molar-refractivity contribution in [1.29, 1.82) is 0 Å². The fourth-order valence-corrected chi connectivity index (χ4v) is 3.98. The van der Waals surface area contributed by atoms with Crippen molar-refractivity contribution in [1.82, 2.24) is 9.97 Å². The Morgan fingerprint density at radius 2 is 1.55 bits per heavy atom. The summed E-state index contributed by atoms with van der Waals surface area (Å²) in [6.45, 7) is 5.40. The number of carbonyl (C=O) groups is 1. The van der Waals surface area contributed by atoms with Crippen LogP contribution in [0.15, 0.2) is 66.9 Å². The van der Waals surface area contributed by atoms with Gasteiger partial charge in [0, 0.05) is 30.3 Å². The van der Waals surface area contributed by atoms with Crippen LogP contribution in [-0.4, -0.2) is 46.8 Å². The van der Waals surface area contributed by atoms with E-state index in [1.807, 2.05) is 42.6 Å². The summed E-state index contributed by atoms with van der Waals surface area (Å²) in [6, 6.07) is 20.7. The topological polar surface area (TPSA) is 75.5 Å². The fourth-order valence-electron chi connectivity index (χ4n) is 3.98. The summed E-state index contributed by atoms with van der Waals surface area (Å²) in [5.74, 6) is -0.0652. The lowest BCUT2D eigenvalue weighted by Gasteiger charge is -2.32. The number of carboxylic acids is 1. The summed E-state index contributed by atoms with van der Waals surface area (Å²) in [6.07, 6.45) is 5.58. The molecule has 0 radical (unpaired) electrons. The van der Waals surface area contributed by atoms with E-state index < -0.39 is 5.97 Å². The van der Waals surface area contributed by atoms with E-state index in [1.54, 1.807) is 0 Å². The molecule has 0 saturated carbocycles. The third-order valence-electron chi connectivity index (χ3n) is 5.69. The van der Waals surface area contributed by atoms with E-state index in [0.717, 1.165) is 60.6 Å². The van der Waals surface area contributed by atoms with E-state index >= 15 is 0 Å². The van der Waals surface area contributed by atoms with Gasteiger partial charge in [0.1, 0.15) is 12.4 Å². The molecule has 0 saturated heterocycles. The van der Waals surface area contributed by atoms with Gasteiger partial charge >= 0.3 is 5.97 Å². The second kappa shape index (κ2) is 12.7. The molecular formula is C27H33N3O3. The molecule has 0 unspecified atom stereocenters. The highest BCUT2D eigenvalue weighted by molar-refractivity contribution is 5.78. The van der Waals surface area contributed by atoms with Gasteiger partial charge in [-0.3, -0.25) is 4.98 Å². The van der Waals surface area contributed by atoms with Gasteiger partial charge in [0.25, 0.3) is 0 Å². The highest BCUT2D eigenvalue weighted by Crippen LogP contribution is 2.31. The lowest BCUT2D eigenvalue weighted by Crippen LogP contribution is -2.36. The first-order chi connectivity index (χ1) is 16.1. The molecule has 2 aromatic carbocycles. The molecule has 0 atom stereocenters. The molecule has 6 heteroatoms. The van der Waals surface area contributed by atoms with Crippen molar-refractivity contribution >= 4 is 11.8 Å². The Hall–Kier alpha value is -3.25. The van der Waals surface area contributed by atoms with Gasteiger partial charge in [0.05, 0.1) is 17.6 Å². The Morgan fingerprint density at radius 3 is 2.12 bits per heavy atom. The first kappa shape index (κ1) is 24.4. The smallest absolute Gasteiger partial charge is 0.329 e. The van der Waals surface area contributed by atoms with Crippen molar-refractivity contribution < 1.29 is 14.6 Å². The van der Waals surface area contributed by atoms with E-state index in [1.165, 1.54) is 0 Å². The largest absolute Gasteiger partial charge is 0.480 e. The molecule has 0 aliphatic rings. The Kier molecular flexibility index (Phi) is 9.39. The average molecular weight is 448 g/mol. The van der Waals surface area contributed by atoms with Gasteiger partial charge in [-0.2, -0.15) is 0 Å². The lowest BCUT2D eigenvalue weighted by molar-refractivity contribution is -0.142. The molecular weight excluding hydrogens is 414 g/mol. The minimum atomic E-state index is -0.934. The number of rotatable bonds is 13.